The SMILES string of the molecule is CC[C@H](C)c1ccccc1NC(=O)[C@H](C)Sc1nc2ccccc2o1. The summed E-state index contributed by atoms with van der Waals surface area (Å²) in [4.78, 5) is 17.0. The van der Waals surface area contributed by atoms with Crippen molar-refractivity contribution in [2.75, 3.05) is 5.32 Å². The largest absolute Gasteiger partial charge is 0.431 e. The molecule has 0 saturated heterocycles. The van der Waals surface area contributed by atoms with Gasteiger partial charge in [0, 0.05) is 5.69 Å². The van der Waals surface area contributed by atoms with Gasteiger partial charge < -0.3 is 9.73 Å². The number of thioether (sulfide) groups is 1. The van der Waals surface area contributed by atoms with Gasteiger partial charge in [-0.1, -0.05) is 55.9 Å². The van der Waals surface area contributed by atoms with Crippen molar-refractivity contribution in [2.24, 2.45) is 0 Å². The number of nitrogens with zero attached hydrogens (tertiary/aromatic N) is 1. The van der Waals surface area contributed by atoms with E-state index in [1.54, 1.807) is 0 Å². The predicted octanol–water partition coefficient (Wildman–Crippen LogP) is 5.46. The van der Waals surface area contributed by atoms with Gasteiger partial charge in [-0.05, 0) is 43.0 Å². The van der Waals surface area contributed by atoms with Crippen molar-refractivity contribution in [1.82, 2.24) is 4.98 Å². The average Bonchev–Trinajstić information content (AvgIpc) is 3.03. The van der Waals surface area contributed by atoms with Gasteiger partial charge in [-0.3, -0.25) is 4.79 Å². The number of hydrogen-bond acceptors (Lipinski definition) is 4. The Morgan fingerprint density at radius 2 is 1.88 bits per heavy atom. The third-order valence-electron chi connectivity index (χ3n) is 4.28. The standard InChI is InChI=1S/C20H22N2O2S/c1-4-13(2)15-9-5-6-10-16(15)21-19(23)14(3)25-20-22-17-11-7-8-12-18(17)24-20/h5-14H,4H2,1-3H3,(H,21,23)/t13-,14-/m0/s1. The quantitative estimate of drug-likeness (QED) is 0.597. The van der Waals surface area contributed by atoms with Crippen LogP contribution in [-0.2, 0) is 4.79 Å². The number of fused-ring (bicyclic) bond motifs is 1. The molecule has 130 valence electrons. The molecule has 0 saturated carbocycles. The Labute approximate surface area is 152 Å². The van der Waals surface area contributed by atoms with Crippen LogP contribution in [0.5, 0.6) is 0 Å². The average molecular weight is 354 g/mol. The minimum Gasteiger partial charge on any atom is -0.431 e. The molecule has 4 nitrogen and oxygen atoms in total. The fourth-order valence-corrected chi connectivity index (χ4v) is 3.36. The zero-order chi connectivity index (χ0) is 17.8. The first-order valence-electron chi connectivity index (χ1n) is 8.50. The van der Waals surface area contributed by atoms with Gasteiger partial charge in [0.1, 0.15) is 5.52 Å². The molecule has 0 radical (unpaired) electrons. The Bertz CT molecular complexity index is 842. The molecule has 25 heavy (non-hydrogen) atoms. The normalized spacial score (nSPS) is 13.6. The molecule has 0 aliphatic carbocycles. The van der Waals surface area contributed by atoms with Gasteiger partial charge in [0.05, 0.1) is 5.25 Å². The van der Waals surface area contributed by atoms with Crippen LogP contribution in [0.15, 0.2) is 58.2 Å². The second kappa shape index (κ2) is 7.74. The molecule has 0 unspecified atom stereocenters. The molecule has 3 rings (SSSR count). The number of hydrogen-bond donors (Lipinski definition) is 1. The van der Waals surface area contributed by atoms with Crippen LogP contribution in [0.4, 0.5) is 5.69 Å². The van der Waals surface area contributed by atoms with E-state index in [1.165, 1.54) is 11.8 Å². The van der Waals surface area contributed by atoms with Crippen molar-refractivity contribution in [3.8, 4) is 0 Å². The number of amides is 1. The van der Waals surface area contributed by atoms with Crippen molar-refractivity contribution in [1.29, 1.82) is 0 Å². The predicted molar refractivity (Wildman–Crippen MR) is 103 cm³/mol. The van der Waals surface area contributed by atoms with Crippen LogP contribution in [0.2, 0.25) is 0 Å². The van der Waals surface area contributed by atoms with E-state index in [4.69, 9.17) is 4.42 Å². The smallest absolute Gasteiger partial charge is 0.257 e. The highest BCUT2D eigenvalue weighted by Gasteiger charge is 2.19. The Morgan fingerprint density at radius 1 is 1.16 bits per heavy atom. The first kappa shape index (κ1) is 17.5. The maximum atomic E-state index is 12.6. The summed E-state index contributed by atoms with van der Waals surface area (Å²) < 4.78 is 5.69. The third-order valence-corrected chi connectivity index (χ3v) is 5.23. The van der Waals surface area contributed by atoms with Gasteiger partial charge in [-0.15, -0.1) is 0 Å². The zero-order valence-electron chi connectivity index (χ0n) is 14.7. The number of aromatic nitrogens is 1. The van der Waals surface area contributed by atoms with E-state index in [-0.39, 0.29) is 11.2 Å². The van der Waals surface area contributed by atoms with E-state index < -0.39 is 0 Å². The third kappa shape index (κ3) is 4.04. The Hall–Kier alpha value is -2.27. The van der Waals surface area contributed by atoms with Gasteiger partial charge in [0.25, 0.3) is 5.22 Å². The monoisotopic (exact) mass is 354 g/mol. The second-order valence-electron chi connectivity index (χ2n) is 6.09. The summed E-state index contributed by atoms with van der Waals surface area (Å²) in [7, 11) is 0. The van der Waals surface area contributed by atoms with Gasteiger partial charge in [0.15, 0.2) is 5.58 Å². The molecule has 2 aromatic carbocycles. The Kier molecular flexibility index (Phi) is 5.43. The molecule has 0 aliphatic heterocycles. The fourth-order valence-electron chi connectivity index (χ4n) is 2.60. The van der Waals surface area contributed by atoms with Gasteiger partial charge in [-0.25, -0.2) is 4.98 Å². The number of carbonyl (C=O) groups is 1. The lowest BCUT2D eigenvalue weighted by atomic mass is 9.97. The molecular formula is C20H22N2O2S. The number of oxazole rings is 1. The van der Waals surface area contributed by atoms with E-state index in [9.17, 15) is 4.79 Å². The summed E-state index contributed by atoms with van der Waals surface area (Å²) in [6.07, 6.45) is 1.03. The summed E-state index contributed by atoms with van der Waals surface area (Å²) in [5.74, 6) is 0.347. The molecule has 3 aromatic rings. The van der Waals surface area contributed by atoms with E-state index >= 15 is 0 Å². The molecule has 1 aromatic heterocycles. The van der Waals surface area contributed by atoms with Crippen LogP contribution in [0.25, 0.3) is 11.1 Å². The van der Waals surface area contributed by atoms with Gasteiger partial charge in [0.2, 0.25) is 5.91 Å². The molecule has 5 heteroatoms. The maximum absolute atomic E-state index is 12.6. The van der Waals surface area contributed by atoms with Crippen LogP contribution >= 0.6 is 11.8 Å². The van der Waals surface area contributed by atoms with Crippen molar-refractivity contribution >= 4 is 34.5 Å². The summed E-state index contributed by atoms with van der Waals surface area (Å²) in [6.45, 7) is 6.18. The van der Waals surface area contributed by atoms with Crippen LogP contribution < -0.4 is 5.32 Å². The van der Waals surface area contributed by atoms with Gasteiger partial charge >= 0.3 is 0 Å². The van der Waals surface area contributed by atoms with Crippen molar-refractivity contribution < 1.29 is 9.21 Å². The second-order valence-corrected chi connectivity index (χ2v) is 7.39. The molecule has 1 heterocycles. The van der Waals surface area contributed by atoms with Crippen LogP contribution in [0, 0.1) is 0 Å². The van der Waals surface area contributed by atoms with Crippen LogP contribution in [0.1, 0.15) is 38.7 Å². The lowest BCUT2D eigenvalue weighted by molar-refractivity contribution is -0.115. The molecule has 0 bridgehead atoms. The summed E-state index contributed by atoms with van der Waals surface area (Å²) in [6, 6.07) is 15.6. The lowest BCUT2D eigenvalue weighted by Gasteiger charge is -2.17. The number of para-hydroxylation sites is 3. The summed E-state index contributed by atoms with van der Waals surface area (Å²) in [5.41, 5.74) is 3.59. The number of nitrogens with one attached hydrogen (secondary N) is 1. The first-order valence-corrected chi connectivity index (χ1v) is 9.38. The zero-order valence-corrected chi connectivity index (χ0v) is 15.5. The highest BCUT2D eigenvalue weighted by molar-refractivity contribution is 8.00. The molecule has 1 N–H and O–H groups in total. The fraction of sp³-hybridized carbons (Fsp3) is 0.300. The molecule has 0 spiro atoms. The topological polar surface area (TPSA) is 55.1 Å². The molecule has 2 atom stereocenters. The molecule has 0 fully saturated rings. The maximum Gasteiger partial charge on any atom is 0.257 e. The Balaban J connectivity index is 1.71. The van der Waals surface area contributed by atoms with Crippen LogP contribution in [-0.4, -0.2) is 16.1 Å². The first-order chi connectivity index (χ1) is 12.1. The van der Waals surface area contributed by atoms with E-state index in [0.717, 1.165) is 28.8 Å². The minimum atomic E-state index is -0.307. The van der Waals surface area contributed by atoms with Crippen molar-refractivity contribution in [3.63, 3.8) is 0 Å². The highest BCUT2D eigenvalue weighted by Crippen LogP contribution is 2.29. The van der Waals surface area contributed by atoms with Crippen molar-refractivity contribution in [2.45, 2.75) is 43.6 Å². The van der Waals surface area contributed by atoms with E-state index in [2.05, 4.69) is 30.2 Å². The highest BCUT2D eigenvalue weighted by atomic mass is 32.2. The van der Waals surface area contributed by atoms with E-state index in [1.807, 2.05) is 49.4 Å². The van der Waals surface area contributed by atoms with E-state index in [0.29, 0.717) is 11.1 Å². The molecule has 1 amide bonds. The van der Waals surface area contributed by atoms with Crippen LogP contribution in [0.3, 0.4) is 0 Å². The lowest BCUT2D eigenvalue weighted by Crippen LogP contribution is -2.23. The number of benzene rings is 2. The summed E-state index contributed by atoms with van der Waals surface area (Å²) >= 11 is 1.33. The minimum absolute atomic E-state index is 0.0528. The number of carbonyl (C=O) groups excluding carboxylic acids is 1. The molecular weight excluding hydrogens is 332 g/mol. The number of anilines is 1. The van der Waals surface area contributed by atoms with Crippen molar-refractivity contribution in [3.05, 3.63) is 54.1 Å². The Morgan fingerprint density at radius 3 is 2.64 bits per heavy atom. The molecule has 0 aliphatic rings. The summed E-state index contributed by atoms with van der Waals surface area (Å²) in [5, 5.41) is 3.26. The van der Waals surface area contributed by atoms with Gasteiger partial charge in [-0.2, -0.15) is 0 Å². The number of rotatable bonds is 6.